The zero-order valence-corrected chi connectivity index (χ0v) is 17.9. The number of pyridine rings is 2. The number of rotatable bonds is 3. The van der Waals surface area contributed by atoms with E-state index in [4.69, 9.17) is 23.2 Å². The van der Waals surface area contributed by atoms with Crippen molar-refractivity contribution in [2.24, 2.45) is 4.99 Å². The Hall–Kier alpha value is -3.17. The van der Waals surface area contributed by atoms with Gasteiger partial charge in [-0.05, 0) is 42.8 Å². The minimum Gasteiger partial charge on any atom is -0.342 e. The number of halogens is 5. The van der Waals surface area contributed by atoms with Crippen LogP contribution in [-0.2, 0) is 12.6 Å². The third-order valence-electron chi connectivity index (χ3n) is 4.57. The van der Waals surface area contributed by atoms with Gasteiger partial charge in [0.2, 0.25) is 0 Å². The van der Waals surface area contributed by atoms with Crippen LogP contribution >= 0.6 is 23.2 Å². The third kappa shape index (κ3) is 4.68. The van der Waals surface area contributed by atoms with Crippen molar-refractivity contribution in [3.8, 4) is 0 Å². The average molecular weight is 480 g/mol. The predicted molar refractivity (Wildman–Crippen MR) is 117 cm³/mol. The molecule has 0 saturated carbocycles. The van der Waals surface area contributed by atoms with Crippen LogP contribution in [0.25, 0.3) is 0 Å². The molecule has 11 heteroatoms. The van der Waals surface area contributed by atoms with Crippen LogP contribution in [0, 0.1) is 6.92 Å². The van der Waals surface area contributed by atoms with E-state index in [1.54, 1.807) is 18.2 Å². The molecule has 0 aliphatic carbocycles. The van der Waals surface area contributed by atoms with Crippen molar-refractivity contribution in [2.75, 3.05) is 10.6 Å². The van der Waals surface area contributed by atoms with E-state index in [1.807, 2.05) is 0 Å². The number of amidine groups is 1. The molecule has 32 heavy (non-hydrogen) atoms. The van der Waals surface area contributed by atoms with Gasteiger partial charge in [0.1, 0.15) is 23.0 Å². The van der Waals surface area contributed by atoms with Gasteiger partial charge in [-0.2, -0.15) is 13.2 Å². The van der Waals surface area contributed by atoms with Crippen LogP contribution < -0.4 is 10.6 Å². The number of para-hydroxylation sites is 1. The number of fused-ring (bicyclic) bond motifs is 1. The van der Waals surface area contributed by atoms with Gasteiger partial charge in [-0.25, -0.2) is 15.0 Å². The zero-order chi connectivity index (χ0) is 23.0. The highest BCUT2D eigenvalue weighted by atomic mass is 35.5. The van der Waals surface area contributed by atoms with Gasteiger partial charge < -0.3 is 10.6 Å². The van der Waals surface area contributed by atoms with Crippen LogP contribution in [-0.4, -0.2) is 21.7 Å². The topological polar surface area (TPSA) is 79.3 Å². The molecule has 3 heterocycles. The molecule has 1 aliphatic rings. The second-order valence-electron chi connectivity index (χ2n) is 6.99. The lowest BCUT2D eigenvalue weighted by molar-refractivity contribution is -0.137. The summed E-state index contributed by atoms with van der Waals surface area (Å²) in [6, 6.07) is 8.26. The van der Waals surface area contributed by atoms with E-state index in [9.17, 15) is 18.0 Å². The summed E-state index contributed by atoms with van der Waals surface area (Å²) in [5.74, 6) is -0.332. The van der Waals surface area contributed by atoms with Crippen LogP contribution in [0.3, 0.4) is 0 Å². The fraction of sp³-hybridized carbons (Fsp3) is 0.143. The second kappa shape index (κ2) is 8.40. The first-order valence-electron chi connectivity index (χ1n) is 9.25. The Morgan fingerprint density at radius 3 is 2.59 bits per heavy atom. The van der Waals surface area contributed by atoms with E-state index >= 15 is 0 Å². The molecule has 0 spiro atoms. The Balaban J connectivity index is 1.54. The van der Waals surface area contributed by atoms with Crippen molar-refractivity contribution in [1.29, 1.82) is 0 Å². The van der Waals surface area contributed by atoms with E-state index in [-0.39, 0.29) is 17.2 Å². The van der Waals surface area contributed by atoms with Gasteiger partial charge in [-0.3, -0.25) is 4.79 Å². The third-order valence-corrected chi connectivity index (χ3v) is 5.18. The van der Waals surface area contributed by atoms with Crippen molar-refractivity contribution in [1.82, 2.24) is 9.97 Å². The largest absolute Gasteiger partial charge is 0.416 e. The Morgan fingerprint density at radius 2 is 1.91 bits per heavy atom. The number of carbonyl (C=O) groups excluding carboxylic acids is 1. The van der Waals surface area contributed by atoms with Gasteiger partial charge in [0.15, 0.2) is 0 Å². The summed E-state index contributed by atoms with van der Waals surface area (Å²) in [5.41, 5.74) is 1.06. The van der Waals surface area contributed by atoms with Crippen molar-refractivity contribution >= 4 is 52.1 Å². The fourth-order valence-corrected chi connectivity index (χ4v) is 3.62. The van der Waals surface area contributed by atoms with Crippen molar-refractivity contribution in [2.45, 2.75) is 19.5 Å². The molecule has 1 amide bonds. The van der Waals surface area contributed by atoms with E-state index in [0.29, 0.717) is 33.7 Å². The molecule has 0 atom stereocenters. The van der Waals surface area contributed by atoms with Crippen LogP contribution in [0.15, 0.2) is 47.6 Å². The molecule has 3 aromatic rings. The summed E-state index contributed by atoms with van der Waals surface area (Å²) in [4.78, 5) is 25.1. The van der Waals surface area contributed by atoms with Gasteiger partial charge in [0.05, 0.1) is 27.5 Å². The second-order valence-corrected chi connectivity index (χ2v) is 7.81. The van der Waals surface area contributed by atoms with Gasteiger partial charge >= 0.3 is 6.18 Å². The molecular weight excluding hydrogens is 466 g/mol. The minimum atomic E-state index is -4.55. The van der Waals surface area contributed by atoms with Crippen LogP contribution in [0.2, 0.25) is 10.0 Å². The zero-order valence-electron chi connectivity index (χ0n) is 16.4. The number of alkyl halides is 3. The number of amides is 1. The Morgan fingerprint density at radius 1 is 1.19 bits per heavy atom. The van der Waals surface area contributed by atoms with Gasteiger partial charge in [-0.1, -0.05) is 29.3 Å². The summed E-state index contributed by atoms with van der Waals surface area (Å²) < 4.78 is 39.0. The fourth-order valence-electron chi connectivity index (χ4n) is 3.13. The van der Waals surface area contributed by atoms with Crippen molar-refractivity contribution in [3.63, 3.8) is 0 Å². The molecular formula is C21H14Cl2F3N5O. The highest BCUT2D eigenvalue weighted by Crippen LogP contribution is 2.34. The van der Waals surface area contributed by atoms with Crippen LogP contribution in [0.1, 0.15) is 27.3 Å². The molecule has 2 aromatic heterocycles. The summed E-state index contributed by atoms with van der Waals surface area (Å²) in [6.45, 7) is 1.41. The number of nitrogens with one attached hydrogen (secondary N) is 2. The lowest BCUT2D eigenvalue weighted by Gasteiger charge is -2.11. The van der Waals surface area contributed by atoms with E-state index < -0.39 is 17.6 Å². The summed E-state index contributed by atoms with van der Waals surface area (Å²) >= 11 is 12.3. The molecule has 1 aliphatic heterocycles. The maximum atomic E-state index is 13.0. The number of aliphatic imine (C=N–C) groups is 1. The normalized spacial score (nSPS) is 14.2. The van der Waals surface area contributed by atoms with Crippen molar-refractivity contribution < 1.29 is 18.0 Å². The number of carbonyl (C=O) groups is 1. The highest BCUT2D eigenvalue weighted by Gasteiger charge is 2.31. The number of nitrogens with zero attached hydrogens (tertiary/aromatic N) is 3. The molecule has 164 valence electrons. The first-order valence-corrected chi connectivity index (χ1v) is 10.0. The number of aromatic nitrogens is 2. The lowest BCUT2D eigenvalue weighted by Crippen LogP contribution is -2.16. The molecule has 0 unspecified atom stereocenters. The van der Waals surface area contributed by atoms with Crippen molar-refractivity contribution in [3.05, 3.63) is 75.2 Å². The first-order chi connectivity index (χ1) is 15.1. The summed E-state index contributed by atoms with van der Waals surface area (Å²) in [6.07, 6.45) is -2.74. The number of anilines is 2. The highest BCUT2D eigenvalue weighted by molar-refractivity contribution is 6.39. The van der Waals surface area contributed by atoms with E-state index in [2.05, 4.69) is 25.6 Å². The summed E-state index contributed by atoms with van der Waals surface area (Å²) in [5, 5.41) is 6.24. The molecule has 0 fully saturated rings. The first kappa shape index (κ1) is 22.0. The maximum Gasteiger partial charge on any atom is 0.416 e. The number of aryl methyl sites for hydroxylation is 1. The Labute approximate surface area is 190 Å². The van der Waals surface area contributed by atoms with Crippen LogP contribution in [0.5, 0.6) is 0 Å². The van der Waals surface area contributed by atoms with Gasteiger partial charge in [0.25, 0.3) is 5.91 Å². The SMILES string of the molecule is Cc1cc(C(F)(F)F)cc(NC(=O)c2cc3c(cn2)NC(=Nc2c(Cl)cccc2Cl)C3)n1. The van der Waals surface area contributed by atoms with E-state index in [1.165, 1.54) is 19.2 Å². The molecule has 4 rings (SSSR count). The monoisotopic (exact) mass is 479 g/mol. The molecule has 0 saturated heterocycles. The predicted octanol–water partition coefficient (Wildman–Crippen LogP) is 6.06. The van der Waals surface area contributed by atoms with E-state index in [0.717, 1.165) is 17.7 Å². The summed E-state index contributed by atoms with van der Waals surface area (Å²) in [7, 11) is 0. The Kier molecular flexibility index (Phi) is 5.79. The number of benzene rings is 1. The number of hydrogen-bond acceptors (Lipinski definition) is 4. The molecule has 1 aromatic carbocycles. The molecule has 6 nitrogen and oxygen atoms in total. The van der Waals surface area contributed by atoms with Crippen LogP contribution in [0.4, 0.5) is 30.4 Å². The minimum absolute atomic E-state index is 0.0273. The number of hydrogen-bond donors (Lipinski definition) is 2. The van der Waals surface area contributed by atoms with Gasteiger partial charge in [-0.15, -0.1) is 0 Å². The lowest BCUT2D eigenvalue weighted by atomic mass is 10.1. The molecule has 0 bridgehead atoms. The standard InChI is InChI=1S/C21H14Cl2F3N5O/c1-10-5-12(21(24,25)26)8-18(28-10)31-20(32)15-6-11-7-17(29-16(11)9-27-15)30-19-13(22)3-2-4-14(19)23/h2-6,8-9H,7H2,1H3,(H,29,30)(H,28,31,32). The quantitative estimate of drug-likeness (QED) is 0.478. The maximum absolute atomic E-state index is 13.0. The Bertz CT molecular complexity index is 1240. The van der Waals surface area contributed by atoms with Gasteiger partial charge in [0, 0.05) is 12.1 Å². The average Bonchev–Trinajstić information content (AvgIpc) is 3.11. The molecule has 0 radical (unpaired) electrons. The molecule has 2 N–H and O–H groups in total. The smallest absolute Gasteiger partial charge is 0.342 e.